The number of rotatable bonds is 6. The fraction of sp³-hybridized carbons (Fsp3) is 0.233. The van der Waals surface area contributed by atoms with Crippen molar-refractivity contribution < 1.29 is 9.59 Å². The highest BCUT2D eigenvalue weighted by atomic mass is 35.5. The summed E-state index contributed by atoms with van der Waals surface area (Å²) in [5.74, 6) is 0.189. The highest BCUT2D eigenvalue weighted by Crippen LogP contribution is 2.30. The summed E-state index contributed by atoms with van der Waals surface area (Å²) in [6, 6.07) is 23.0. The lowest BCUT2D eigenvalue weighted by Crippen LogP contribution is -2.48. The molecule has 1 heterocycles. The molecule has 0 saturated carbocycles. The number of thiocarbonyl (C=S) groups is 1. The number of benzene rings is 3. The number of carbonyl (C=O) groups excluding carboxylic acids is 2. The van der Waals surface area contributed by atoms with E-state index < -0.39 is 0 Å². The van der Waals surface area contributed by atoms with E-state index in [1.54, 1.807) is 12.1 Å². The zero-order valence-corrected chi connectivity index (χ0v) is 23.1. The molecule has 3 aromatic carbocycles. The Kier molecular flexibility index (Phi) is 9.15. The first-order chi connectivity index (χ1) is 18.3. The van der Waals surface area contributed by atoms with Crippen molar-refractivity contribution >= 4 is 58.2 Å². The Morgan fingerprint density at radius 3 is 2.26 bits per heavy atom. The molecule has 0 aromatic heterocycles. The van der Waals surface area contributed by atoms with Gasteiger partial charge in [0.2, 0.25) is 5.91 Å². The molecule has 0 atom stereocenters. The number of nitrogens with zero attached hydrogens (tertiary/aromatic N) is 2. The molecule has 38 heavy (non-hydrogen) atoms. The van der Waals surface area contributed by atoms with Crippen molar-refractivity contribution in [1.29, 1.82) is 0 Å². The summed E-state index contributed by atoms with van der Waals surface area (Å²) < 4.78 is 0. The van der Waals surface area contributed by atoms with Gasteiger partial charge in [0.25, 0.3) is 5.91 Å². The highest BCUT2D eigenvalue weighted by molar-refractivity contribution is 7.80. The van der Waals surface area contributed by atoms with Crippen molar-refractivity contribution in [3.05, 3.63) is 101 Å². The van der Waals surface area contributed by atoms with Gasteiger partial charge >= 0.3 is 0 Å². The van der Waals surface area contributed by atoms with Crippen LogP contribution >= 0.6 is 23.8 Å². The lowest BCUT2D eigenvalue weighted by Gasteiger charge is -2.36. The summed E-state index contributed by atoms with van der Waals surface area (Å²) in [6.07, 6.45) is 3.21. The Bertz CT molecular complexity index is 1320. The standard InChI is InChI=1S/C30H31ClN4O2S/c1-21(2)23-11-8-22(9-12-23)10-15-28(36)33-30(38)32-25-13-14-27(26(31)20-25)34-16-18-35(19-17-34)29(37)24-6-4-3-5-7-24/h3-15,20-21H,16-19H2,1-2H3,(H2,32,33,36,38)/b15-10+. The van der Waals surface area contributed by atoms with Gasteiger partial charge in [-0.15, -0.1) is 0 Å². The molecule has 0 radical (unpaired) electrons. The average molecular weight is 547 g/mol. The van der Waals surface area contributed by atoms with E-state index in [1.165, 1.54) is 11.6 Å². The molecular weight excluding hydrogens is 516 g/mol. The Labute approximate surface area is 234 Å². The Hall–Kier alpha value is -3.68. The minimum atomic E-state index is -0.318. The van der Waals surface area contributed by atoms with E-state index in [0.717, 1.165) is 11.3 Å². The summed E-state index contributed by atoms with van der Waals surface area (Å²) in [5, 5.41) is 6.42. The van der Waals surface area contributed by atoms with Gasteiger partial charge in [0.1, 0.15) is 0 Å². The smallest absolute Gasteiger partial charge is 0.253 e. The Morgan fingerprint density at radius 1 is 0.947 bits per heavy atom. The summed E-state index contributed by atoms with van der Waals surface area (Å²) in [7, 11) is 0. The molecule has 0 aliphatic carbocycles. The second-order valence-corrected chi connectivity index (χ2v) is 10.2. The maximum absolute atomic E-state index is 12.7. The normalized spacial score (nSPS) is 13.6. The molecule has 2 N–H and O–H groups in total. The van der Waals surface area contributed by atoms with E-state index in [-0.39, 0.29) is 16.9 Å². The predicted octanol–water partition coefficient (Wildman–Crippen LogP) is 5.95. The van der Waals surface area contributed by atoms with Crippen LogP contribution in [0, 0.1) is 0 Å². The van der Waals surface area contributed by atoms with E-state index in [9.17, 15) is 9.59 Å². The van der Waals surface area contributed by atoms with Crippen LogP contribution in [0.4, 0.5) is 11.4 Å². The van der Waals surface area contributed by atoms with Crippen LogP contribution in [-0.4, -0.2) is 48.0 Å². The summed E-state index contributed by atoms with van der Waals surface area (Å²) >= 11 is 11.9. The van der Waals surface area contributed by atoms with Crippen molar-refractivity contribution in [2.75, 3.05) is 36.4 Å². The fourth-order valence-corrected chi connectivity index (χ4v) is 4.75. The molecular formula is C30H31ClN4O2S. The highest BCUT2D eigenvalue weighted by Gasteiger charge is 2.23. The van der Waals surface area contributed by atoms with E-state index >= 15 is 0 Å². The van der Waals surface area contributed by atoms with Gasteiger partial charge in [0.15, 0.2) is 5.11 Å². The number of hydrogen-bond acceptors (Lipinski definition) is 4. The molecule has 196 valence electrons. The maximum atomic E-state index is 12.7. The fourth-order valence-electron chi connectivity index (χ4n) is 4.23. The first kappa shape index (κ1) is 27.4. The number of halogens is 1. The minimum Gasteiger partial charge on any atom is -0.367 e. The first-order valence-electron chi connectivity index (χ1n) is 12.6. The molecule has 2 amide bonds. The lowest BCUT2D eigenvalue weighted by molar-refractivity contribution is -0.115. The summed E-state index contributed by atoms with van der Waals surface area (Å²) in [4.78, 5) is 29.0. The topological polar surface area (TPSA) is 64.7 Å². The van der Waals surface area contributed by atoms with Crippen LogP contribution in [0.15, 0.2) is 78.9 Å². The van der Waals surface area contributed by atoms with Gasteiger partial charge < -0.3 is 15.1 Å². The third-order valence-corrected chi connectivity index (χ3v) is 6.91. The average Bonchev–Trinajstić information content (AvgIpc) is 2.92. The SMILES string of the molecule is CC(C)c1ccc(/C=C/C(=O)NC(=S)Nc2ccc(N3CCN(C(=O)c4ccccc4)CC3)c(Cl)c2)cc1. The van der Waals surface area contributed by atoms with Crippen molar-refractivity contribution in [2.24, 2.45) is 0 Å². The minimum absolute atomic E-state index is 0.0466. The van der Waals surface area contributed by atoms with Gasteiger partial charge in [-0.2, -0.15) is 0 Å². The Morgan fingerprint density at radius 2 is 1.63 bits per heavy atom. The van der Waals surface area contributed by atoms with Crippen molar-refractivity contribution in [2.45, 2.75) is 19.8 Å². The molecule has 4 rings (SSSR count). The summed E-state index contributed by atoms with van der Waals surface area (Å²) in [5.41, 5.74) is 4.46. The number of carbonyl (C=O) groups is 2. The number of nitrogens with one attached hydrogen (secondary N) is 2. The third kappa shape index (κ3) is 7.21. The monoisotopic (exact) mass is 546 g/mol. The second-order valence-electron chi connectivity index (χ2n) is 9.41. The molecule has 0 spiro atoms. The quantitative estimate of drug-likeness (QED) is 0.295. The van der Waals surface area contributed by atoms with Crippen LogP contribution in [0.5, 0.6) is 0 Å². The van der Waals surface area contributed by atoms with Crippen LogP contribution in [-0.2, 0) is 4.79 Å². The number of hydrogen-bond donors (Lipinski definition) is 2. The van der Waals surface area contributed by atoms with Crippen molar-refractivity contribution in [1.82, 2.24) is 10.2 Å². The molecule has 1 aliphatic heterocycles. The Balaban J connectivity index is 1.27. The van der Waals surface area contributed by atoms with Crippen LogP contribution in [0.1, 0.15) is 41.3 Å². The van der Waals surface area contributed by atoms with Gasteiger partial charge in [-0.3, -0.25) is 14.9 Å². The molecule has 0 bridgehead atoms. The van der Waals surface area contributed by atoms with E-state index in [0.29, 0.717) is 48.4 Å². The van der Waals surface area contributed by atoms with Crippen molar-refractivity contribution in [3.63, 3.8) is 0 Å². The molecule has 1 fully saturated rings. The molecule has 1 aliphatic rings. The lowest BCUT2D eigenvalue weighted by atomic mass is 10.0. The first-order valence-corrected chi connectivity index (χ1v) is 13.4. The summed E-state index contributed by atoms with van der Waals surface area (Å²) in [6.45, 7) is 6.90. The molecule has 1 saturated heterocycles. The molecule has 6 nitrogen and oxygen atoms in total. The van der Waals surface area contributed by atoms with E-state index in [4.69, 9.17) is 23.8 Å². The van der Waals surface area contributed by atoms with E-state index in [2.05, 4.69) is 41.5 Å². The van der Waals surface area contributed by atoms with Crippen molar-refractivity contribution in [3.8, 4) is 0 Å². The zero-order chi connectivity index (χ0) is 27.1. The van der Waals surface area contributed by atoms with E-state index in [1.807, 2.05) is 59.5 Å². The van der Waals surface area contributed by atoms with Gasteiger partial charge in [-0.05, 0) is 65.7 Å². The number of amides is 2. The van der Waals surface area contributed by atoms with Gasteiger partial charge in [0, 0.05) is 43.5 Å². The zero-order valence-electron chi connectivity index (χ0n) is 21.5. The van der Waals surface area contributed by atoms with Gasteiger partial charge in [-0.25, -0.2) is 0 Å². The van der Waals surface area contributed by atoms with Crippen LogP contribution in [0.2, 0.25) is 5.02 Å². The van der Waals surface area contributed by atoms with Crippen LogP contribution < -0.4 is 15.5 Å². The number of piperazine rings is 1. The third-order valence-electron chi connectivity index (χ3n) is 6.40. The number of anilines is 2. The van der Waals surface area contributed by atoms with Gasteiger partial charge in [-0.1, -0.05) is 67.9 Å². The van der Waals surface area contributed by atoms with Crippen LogP contribution in [0.3, 0.4) is 0 Å². The van der Waals surface area contributed by atoms with Gasteiger partial charge in [0.05, 0.1) is 10.7 Å². The molecule has 0 unspecified atom stereocenters. The van der Waals surface area contributed by atoms with Crippen LogP contribution in [0.25, 0.3) is 6.08 Å². The second kappa shape index (κ2) is 12.7. The predicted molar refractivity (Wildman–Crippen MR) is 160 cm³/mol. The maximum Gasteiger partial charge on any atom is 0.253 e. The molecule has 8 heteroatoms. The largest absolute Gasteiger partial charge is 0.367 e. The molecule has 3 aromatic rings.